The fourth-order valence-corrected chi connectivity index (χ4v) is 1.94. The summed E-state index contributed by atoms with van der Waals surface area (Å²) in [6, 6.07) is 12.2. The Morgan fingerprint density at radius 1 is 1.20 bits per heavy atom. The fourth-order valence-electron chi connectivity index (χ4n) is 1.75. The summed E-state index contributed by atoms with van der Waals surface area (Å²) in [7, 11) is 0. The Bertz CT molecular complexity index is 445. The number of halogens is 1. The quantitative estimate of drug-likeness (QED) is 0.733. The first-order valence-electron chi connectivity index (χ1n) is 5.23. The van der Waals surface area contributed by atoms with Gasteiger partial charge in [-0.25, -0.2) is 0 Å². The molecular weight excluding hydrogens is 206 g/mol. The molecule has 0 bridgehead atoms. The Morgan fingerprint density at radius 3 is 2.80 bits per heavy atom. The lowest BCUT2D eigenvalue weighted by atomic mass is 10.2. The molecule has 1 aromatic carbocycles. The topological polar surface area (TPSA) is 4.93 Å². The van der Waals surface area contributed by atoms with Crippen LogP contribution in [0.15, 0.2) is 42.6 Å². The minimum Gasteiger partial charge on any atom is -0.321 e. The van der Waals surface area contributed by atoms with Gasteiger partial charge in [-0.3, -0.25) is 0 Å². The Hall–Kier alpha value is -1.21. The second-order valence-corrected chi connectivity index (χ2v) is 4.04. The minimum atomic E-state index is 0.781. The standard InChI is InChI=1S/C13H14ClN/c1-2-5-12-8-4-9-15(12)13-7-3-6-11(14)10-13/h3-4,6-10H,2,5H2,1H3. The molecule has 0 unspecified atom stereocenters. The van der Waals surface area contributed by atoms with E-state index in [1.807, 2.05) is 18.2 Å². The molecule has 0 saturated heterocycles. The molecule has 0 aliphatic heterocycles. The van der Waals surface area contributed by atoms with E-state index >= 15 is 0 Å². The zero-order chi connectivity index (χ0) is 10.7. The van der Waals surface area contributed by atoms with Crippen molar-refractivity contribution in [3.05, 3.63) is 53.3 Å². The summed E-state index contributed by atoms with van der Waals surface area (Å²) in [5, 5.41) is 0.781. The lowest BCUT2D eigenvalue weighted by Gasteiger charge is -2.08. The van der Waals surface area contributed by atoms with Crippen LogP contribution in [-0.4, -0.2) is 4.57 Å². The lowest BCUT2D eigenvalue weighted by molar-refractivity contribution is 0.843. The lowest BCUT2D eigenvalue weighted by Crippen LogP contribution is -1.98. The molecular formula is C13H14ClN. The molecule has 2 rings (SSSR count). The van der Waals surface area contributed by atoms with Crippen molar-refractivity contribution in [2.45, 2.75) is 19.8 Å². The molecule has 0 spiro atoms. The molecule has 0 N–H and O–H groups in total. The minimum absolute atomic E-state index is 0.781. The van der Waals surface area contributed by atoms with Gasteiger partial charge >= 0.3 is 0 Å². The number of nitrogens with zero attached hydrogens (tertiary/aromatic N) is 1. The maximum absolute atomic E-state index is 5.98. The highest BCUT2D eigenvalue weighted by Crippen LogP contribution is 2.18. The van der Waals surface area contributed by atoms with Crippen LogP contribution in [0, 0.1) is 0 Å². The molecule has 0 aliphatic rings. The monoisotopic (exact) mass is 219 g/mol. The molecule has 0 fully saturated rings. The van der Waals surface area contributed by atoms with Gasteiger partial charge in [0, 0.05) is 22.6 Å². The summed E-state index contributed by atoms with van der Waals surface area (Å²) in [4.78, 5) is 0. The van der Waals surface area contributed by atoms with Crippen LogP contribution in [0.1, 0.15) is 19.0 Å². The second-order valence-electron chi connectivity index (χ2n) is 3.60. The van der Waals surface area contributed by atoms with Gasteiger partial charge in [0.2, 0.25) is 0 Å². The van der Waals surface area contributed by atoms with E-state index in [0.717, 1.165) is 23.6 Å². The van der Waals surface area contributed by atoms with Gasteiger partial charge in [0.15, 0.2) is 0 Å². The van der Waals surface area contributed by atoms with E-state index in [1.54, 1.807) is 0 Å². The van der Waals surface area contributed by atoms with Gasteiger partial charge in [-0.05, 0) is 36.8 Å². The first-order chi connectivity index (χ1) is 7.31. The fraction of sp³-hybridized carbons (Fsp3) is 0.231. The average molecular weight is 220 g/mol. The van der Waals surface area contributed by atoms with Crippen molar-refractivity contribution in [2.24, 2.45) is 0 Å². The van der Waals surface area contributed by atoms with E-state index in [9.17, 15) is 0 Å². The summed E-state index contributed by atoms with van der Waals surface area (Å²) in [5.74, 6) is 0. The van der Waals surface area contributed by atoms with Crippen LogP contribution in [0.3, 0.4) is 0 Å². The molecule has 0 saturated carbocycles. The predicted molar refractivity (Wildman–Crippen MR) is 64.8 cm³/mol. The van der Waals surface area contributed by atoms with E-state index < -0.39 is 0 Å². The summed E-state index contributed by atoms with van der Waals surface area (Å²) in [6.45, 7) is 2.19. The smallest absolute Gasteiger partial charge is 0.0467 e. The third-order valence-corrected chi connectivity index (χ3v) is 2.66. The molecule has 1 heterocycles. The van der Waals surface area contributed by atoms with Crippen molar-refractivity contribution in [1.82, 2.24) is 4.57 Å². The number of rotatable bonds is 3. The molecule has 0 aliphatic carbocycles. The summed E-state index contributed by atoms with van der Waals surface area (Å²) >= 11 is 5.98. The van der Waals surface area contributed by atoms with Crippen LogP contribution in [-0.2, 0) is 6.42 Å². The molecule has 78 valence electrons. The predicted octanol–water partition coefficient (Wildman–Crippen LogP) is 4.08. The van der Waals surface area contributed by atoms with E-state index in [0.29, 0.717) is 0 Å². The Morgan fingerprint density at radius 2 is 2.07 bits per heavy atom. The maximum atomic E-state index is 5.98. The van der Waals surface area contributed by atoms with Crippen LogP contribution in [0.4, 0.5) is 0 Å². The van der Waals surface area contributed by atoms with Gasteiger partial charge in [0.25, 0.3) is 0 Å². The summed E-state index contributed by atoms with van der Waals surface area (Å²) < 4.78 is 2.19. The van der Waals surface area contributed by atoms with E-state index in [2.05, 4.69) is 35.9 Å². The van der Waals surface area contributed by atoms with Crippen LogP contribution in [0.2, 0.25) is 5.02 Å². The van der Waals surface area contributed by atoms with Gasteiger partial charge < -0.3 is 4.57 Å². The normalized spacial score (nSPS) is 10.5. The molecule has 1 nitrogen and oxygen atoms in total. The zero-order valence-electron chi connectivity index (χ0n) is 8.78. The molecule has 2 heteroatoms. The Labute approximate surface area is 95.3 Å². The Kier molecular flexibility index (Phi) is 3.12. The maximum Gasteiger partial charge on any atom is 0.0467 e. The molecule has 1 aromatic heterocycles. The Balaban J connectivity index is 2.40. The third kappa shape index (κ3) is 2.24. The zero-order valence-corrected chi connectivity index (χ0v) is 9.54. The van der Waals surface area contributed by atoms with Crippen molar-refractivity contribution in [1.29, 1.82) is 0 Å². The summed E-state index contributed by atoms with van der Waals surface area (Å²) in [5.41, 5.74) is 2.47. The van der Waals surface area contributed by atoms with E-state index in [1.165, 1.54) is 5.69 Å². The molecule has 0 radical (unpaired) electrons. The van der Waals surface area contributed by atoms with Gasteiger partial charge in [-0.15, -0.1) is 0 Å². The van der Waals surface area contributed by atoms with Crippen molar-refractivity contribution >= 4 is 11.6 Å². The van der Waals surface area contributed by atoms with Gasteiger partial charge in [-0.1, -0.05) is 31.0 Å². The van der Waals surface area contributed by atoms with E-state index in [-0.39, 0.29) is 0 Å². The van der Waals surface area contributed by atoms with Crippen molar-refractivity contribution in [2.75, 3.05) is 0 Å². The average Bonchev–Trinajstić information content (AvgIpc) is 2.66. The van der Waals surface area contributed by atoms with E-state index in [4.69, 9.17) is 11.6 Å². The number of hydrogen-bond acceptors (Lipinski definition) is 0. The number of hydrogen-bond donors (Lipinski definition) is 0. The number of aryl methyl sites for hydroxylation is 1. The molecule has 0 atom stereocenters. The molecule has 15 heavy (non-hydrogen) atoms. The number of aromatic nitrogens is 1. The molecule has 0 amide bonds. The van der Waals surface area contributed by atoms with Gasteiger partial charge in [0.05, 0.1) is 0 Å². The van der Waals surface area contributed by atoms with Crippen LogP contribution < -0.4 is 0 Å². The third-order valence-electron chi connectivity index (χ3n) is 2.43. The highest BCUT2D eigenvalue weighted by molar-refractivity contribution is 6.30. The summed E-state index contributed by atoms with van der Waals surface area (Å²) in [6.07, 6.45) is 4.33. The van der Waals surface area contributed by atoms with Crippen molar-refractivity contribution in [3.8, 4) is 5.69 Å². The van der Waals surface area contributed by atoms with Gasteiger partial charge in [-0.2, -0.15) is 0 Å². The first kappa shape index (κ1) is 10.3. The van der Waals surface area contributed by atoms with Crippen LogP contribution >= 0.6 is 11.6 Å². The van der Waals surface area contributed by atoms with Gasteiger partial charge in [0.1, 0.15) is 0 Å². The van der Waals surface area contributed by atoms with Crippen LogP contribution in [0.5, 0.6) is 0 Å². The highest BCUT2D eigenvalue weighted by Gasteiger charge is 2.02. The number of benzene rings is 1. The SMILES string of the molecule is CCCc1cccn1-c1cccc(Cl)c1. The first-order valence-corrected chi connectivity index (χ1v) is 5.61. The largest absolute Gasteiger partial charge is 0.321 e. The van der Waals surface area contributed by atoms with Crippen molar-refractivity contribution < 1.29 is 0 Å². The van der Waals surface area contributed by atoms with Crippen LogP contribution in [0.25, 0.3) is 5.69 Å². The highest BCUT2D eigenvalue weighted by atomic mass is 35.5. The van der Waals surface area contributed by atoms with Crippen molar-refractivity contribution in [3.63, 3.8) is 0 Å². The second kappa shape index (κ2) is 4.54. The molecule has 2 aromatic rings.